The molecule has 0 N–H and O–H groups in total. The van der Waals surface area contributed by atoms with Gasteiger partial charge in [0, 0.05) is 28.6 Å². The summed E-state index contributed by atoms with van der Waals surface area (Å²) in [5.74, 6) is 0.124. The van der Waals surface area contributed by atoms with E-state index in [2.05, 4.69) is 6.07 Å². The lowest BCUT2D eigenvalue weighted by atomic mass is 10.1. The van der Waals surface area contributed by atoms with E-state index in [0.717, 1.165) is 10.9 Å². The van der Waals surface area contributed by atoms with E-state index in [4.69, 9.17) is 4.74 Å². The zero-order valence-corrected chi connectivity index (χ0v) is 11.9. The zero-order valence-electron chi connectivity index (χ0n) is 11.1. The molecule has 1 aromatic carbocycles. The van der Waals surface area contributed by atoms with Gasteiger partial charge in [0.1, 0.15) is 0 Å². The van der Waals surface area contributed by atoms with Gasteiger partial charge in [0.05, 0.1) is 17.8 Å². The fourth-order valence-corrected chi connectivity index (χ4v) is 3.59. The number of amides is 1. The van der Waals surface area contributed by atoms with Gasteiger partial charge in [-0.05, 0) is 19.9 Å². The van der Waals surface area contributed by atoms with Crippen molar-refractivity contribution >= 4 is 27.3 Å². The van der Waals surface area contributed by atoms with Gasteiger partial charge < -0.3 is 9.64 Å². The Bertz CT molecular complexity index is 597. The van der Waals surface area contributed by atoms with Crippen LogP contribution >= 0.6 is 11.3 Å². The number of carbonyl (C=O) groups is 1. The molecule has 0 aliphatic carbocycles. The number of hydrogen-bond acceptors (Lipinski definition) is 3. The zero-order chi connectivity index (χ0) is 13.4. The van der Waals surface area contributed by atoms with Crippen LogP contribution in [0.3, 0.4) is 0 Å². The van der Waals surface area contributed by atoms with Gasteiger partial charge >= 0.3 is 0 Å². The third kappa shape index (κ3) is 2.38. The third-order valence-corrected chi connectivity index (χ3v) is 4.38. The molecule has 2 heterocycles. The molecule has 0 bridgehead atoms. The summed E-state index contributed by atoms with van der Waals surface area (Å²) in [6, 6.07) is 8.07. The first-order valence-corrected chi connectivity index (χ1v) is 7.44. The van der Waals surface area contributed by atoms with Gasteiger partial charge in [-0.2, -0.15) is 0 Å². The summed E-state index contributed by atoms with van der Waals surface area (Å²) in [6.07, 6.45) is 0.218. The van der Waals surface area contributed by atoms with E-state index in [9.17, 15) is 4.79 Å². The highest BCUT2D eigenvalue weighted by molar-refractivity contribution is 7.17. The van der Waals surface area contributed by atoms with Crippen LogP contribution in [0, 0.1) is 0 Å². The number of hydrogen-bond donors (Lipinski definition) is 0. The molecular formula is C15H17NO2S. The average Bonchev–Trinajstić information content (AvgIpc) is 2.80. The first-order valence-electron chi connectivity index (χ1n) is 6.56. The maximum absolute atomic E-state index is 12.6. The Kier molecular flexibility index (Phi) is 3.29. The number of morpholine rings is 1. The summed E-state index contributed by atoms with van der Waals surface area (Å²) in [5.41, 5.74) is 0.821. The highest BCUT2D eigenvalue weighted by Crippen LogP contribution is 2.27. The standard InChI is InChI=1S/C15H17NO2S/c1-10-7-16(8-11(2)18-10)15(17)13-9-19-14-6-4-3-5-12(13)14/h3-6,9-11H,7-8H2,1-2H3. The van der Waals surface area contributed by atoms with Gasteiger partial charge in [-0.25, -0.2) is 0 Å². The monoisotopic (exact) mass is 275 g/mol. The average molecular weight is 275 g/mol. The number of nitrogens with zero attached hydrogens (tertiary/aromatic N) is 1. The summed E-state index contributed by atoms with van der Waals surface area (Å²) in [7, 11) is 0. The second-order valence-electron chi connectivity index (χ2n) is 5.11. The third-order valence-electron chi connectivity index (χ3n) is 3.42. The molecule has 1 fully saturated rings. The molecule has 1 amide bonds. The van der Waals surface area contributed by atoms with Gasteiger partial charge in [0.15, 0.2) is 0 Å². The molecule has 2 aromatic rings. The summed E-state index contributed by atoms with van der Waals surface area (Å²) >= 11 is 1.63. The van der Waals surface area contributed by atoms with Gasteiger partial charge in [-0.3, -0.25) is 4.79 Å². The van der Waals surface area contributed by atoms with Gasteiger partial charge in [0.25, 0.3) is 5.91 Å². The molecule has 1 saturated heterocycles. The van der Waals surface area contributed by atoms with Crippen LogP contribution in [-0.4, -0.2) is 36.1 Å². The van der Waals surface area contributed by atoms with Crippen molar-refractivity contribution in [2.75, 3.05) is 13.1 Å². The van der Waals surface area contributed by atoms with Gasteiger partial charge in [-0.15, -0.1) is 11.3 Å². The van der Waals surface area contributed by atoms with Crippen molar-refractivity contribution in [1.29, 1.82) is 0 Å². The number of benzene rings is 1. The largest absolute Gasteiger partial charge is 0.372 e. The Morgan fingerprint density at radius 1 is 1.26 bits per heavy atom. The van der Waals surface area contributed by atoms with Crippen LogP contribution in [0.2, 0.25) is 0 Å². The van der Waals surface area contributed by atoms with Crippen molar-refractivity contribution in [3.8, 4) is 0 Å². The smallest absolute Gasteiger partial charge is 0.255 e. The normalized spacial score (nSPS) is 23.8. The maximum atomic E-state index is 12.6. The lowest BCUT2D eigenvalue weighted by Crippen LogP contribution is -2.48. The van der Waals surface area contributed by atoms with E-state index >= 15 is 0 Å². The molecule has 100 valence electrons. The van der Waals surface area contributed by atoms with Crippen LogP contribution < -0.4 is 0 Å². The predicted molar refractivity (Wildman–Crippen MR) is 77.7 cm³/mol. The van der Waals surface area contributed by atoms with Crippen molar-refractivity contribution in [2.45, 2.75) is 26.1 Å². The van der Waals surface area contributed by atoms with Crippen molar-refractivity contribution in [2.24, 2.45) is 0 Å². The minimum Gasteiger partial charge on any atom is -0.372 e. The summed E-state index contributed by atoms with van der Waals surface area (Å²) in [5, 5.41) is 3.03. The molecule has 0 radical (unpaired) electrons. The SMILES string of the molecule is CC1CN(C(=O)c2csc3ccccc23)CC(C)O1. The second kappa shape index (κ2) is 4.94. The maximum Gasteiger partial charge on any atom is 0.255 e. The summed E-state index contributed by atoms with van der Waals surface area (Å²) in [6.45, 7) is 5.38. The molecule has 2 unspecified atom stereocenters. The highest BCUT2D eigenvalue weighted by atomic mass is 32.1. The molecule has 0 saturated carbocycles. The van der Waals surface area contributed by atoms with Crippen LogP contribution in [-0.2, 0) is 4.74 Å². The Balaban J connectivity index is 1.91. The Morgan fingerprint density at radius 2 is 1.95 bits per heavy atom. The van der Waals surface area contributed by atoms with Crippen LogP contribution in [0.1, 0.15) is 24.2 Å². The Hall–Kier alpha value is -1.39. The van der Waals surface area contributed by atoms with Crippen molar-refractivity contribution in [3.05, 3.63) is 35.2 Å². The molecule has 4 heteroatoms. The van der Waals surface area contributed by atoms with Crippen LogP contribution in [0.25, 0.3) is 10.1 Å². The van der Waals surface area contributed by atoms with Crippen LogP contribution in [0.4, 0.5) is 0 Å². The lowest BCUT2D eigenvalue weighted by Gasteiger charge is -2.35. The fourth-order valence-electron chi connectivity index (χ4n) is 2.66. The number of fused-ring (bicyclic) bond motifs is 1. The minimum atomic E-state index is 0.109. The highest BCUT2D eigenvalue weighted by Gasteiger charge is 2.27. The van der Waals surface area contributed by atoms with Crippen molar-refractivity contribution in [1.82, 2.24) is 4.90 Å². The van der Waals surface area contributed by atoms with E-state index in [1.54, 1.807) is 11.3 Å². The number of rotatable bonds is 1. The number of carbonyl (C=O) groups excluding carboxylic acids is 1. The fraction of sp³-hybridized carbons (Fsp3) is 0.400. The number of ether oxygens (including phenoxy) is 1. The van der Waals surface area contributed by atoms with Crippen molar-refractivity contribution < 1.29 is 9.53 Å². The summed E-state index contributed by atoms with van der Waals surface area (Å²) in [4.78, 5) is 14.6. The molecule has 2 atom stereocenters. The molecule has 3 rings (SSSR count). The predicted octanol–water partition coefficient (Wildman–Crippen LogP) is 3.15. The molecule has 1 aliphatic heterocycles. The molecule has 1 aliphatic rings. The Labute approximate surface area is 116 Å². The van der Waals surface area contributed by atoms with Gasteiger partial charge in [0.2, 0.25) is 0 Å². The topological polar surface area (TPSA) is 29.5 Å². The van der Waals surface area contributed by atoms with E-state index in [-0.39, 0.29) is 18.1 Å². The van der Waals surface area contributed by atoms with E-state index in [1.165, 1.54) is 4.70 Å². The summed E-state index contributed by atoms with van der Waals surface area (Å²) < 4.78 is 6.85. The Morgan fingerprint density at radius 3 is 2.68 bits per heavy atom. The van der Waals surface area contributed by atoms with Crippen LogP contribution in [0.15, 0.2) is 29.6 Å². The van der Waals surface area contributed by atoms with E-state index in [0.29, 0.717) is 13.1 Å². The minimum absolute atomic E-state index is 0.109. The molecular weight excluding hydrogens is 258 g/mol. The first kappa shape index (κ1) is 12.6. The van der Waals surface area contributed by atoms with E-state index in [1.807, 2.05) is 42.3 Å². The number of thiophene rings is 1. The molecule has 3 nitrogen and oxygen atoms in total. The molecule has 1 aromatic heterocycles. The molecule has 19 heavy (non-hydrogen) atoms. The molecule has 0 spiro atoms. The lowest BCUT2D eigenvalue weighted by molar-refractivity contribution is -0.0585. The van der Waals surface area contributed by atoms with Gasteiger partial charge in [-0.1, -0.05) is 18.2 Å². The van der Waals surface area contributed by atoms with Crippen molar-refractivity contribution in [3.63, 3.8) is 0 Å². The first-order chi connectivity index (χ1) is 9.15. The second-order valence-corrected chi connectivity index (χ2v) is 6.02. The van der Waals surface area contributed by atoms with E-state index < -0.39 is 0 Å². The van der Waals surface area contributed by atoms with Crippen LogP contribution in [0.5, 0.6) is 0 Å². The quantitative estimate of drug-likeness (QED) is 0.800.